The Morgan fingerprint density at radius 1 is 1.22 bits per heavy atom. The number of carbonyl (C=O) groups is 1. The fraction of sp³-hybridized carbons (Fsp3) is 0.200. The molecule has 0 aliphatic carbocycles. The smallest absolute Gasteiger partial charge is 0.278 e. The number of thiazole rings is 1. The first-order chi connectivity index (χ1) is 13.2. The van der Waals surface area contributed by atoms with E-state index in [1.807, 2.05) is 41.3 Å². The lowest BCUT2D eigenvalue weighted by Gasteiger charge is -2.21. The van der Waals surface area contributed by atoms with E-state index in [-0.39, 0.29) is 18.7 Å². The lowest BCUT2D eigenvalue weighted by atomic mass is 10.1. The Labute approximate surface area is 160 Å². The normalized spacial score (nSPS) is 17.1. The van der Waals surface area contributed by atoms with Crippen LogP contribution >= 0.6 is 11.3 Å². The van der Waals surface area contributed by atoms with Gasteiger partial charge in [-0.3, -0.25) is 4.79 Å². The van der Waals surface area contributed by atoms with Crippen LogP contribution in [0.5, 0.6) is 11.5 Å². The molecule has 1 atom stereocenters. The second kappa shape index (κ2) is 6.28. The summed E-state index contributed by atoms with van der Waals surface area (Å²) in [5, 5.41) is 5.69. The minimum Gasteiger partial charge on any atom is -0.454 e. The molecule has 3 heterocycles. The van der Waals surface area contributed by atoms with Crippen LogP contribution in [0.4, 0.5) is 16.5 Å². The molecule has 1 aromatic heterocycles. The van der Waals surface area contributed by atoms with E-state index in [4.69, 9.17) is 9.47 Å². The van der Waals surface area contributed by atoms with Gasteiger partial charge in [0.15, 0.2) is 16.6 Å². The summed E-state index contributed by atoms with van der Waals surface area (Å²) in [5.41, 5.74) is 3.47. The largest absolute Gasteiger partial charge is 0.454 e. The van der Waals surface area contributed by atoms with Crippen LogP contribution in [0, 0.1) is 0 Å². The molecule has 0 radical (unpaired) electrons. The molecule has 5 rings (SSSR count). The molecule has 1 N–H and O–H groups in total. The van der Waals surface area contributed by atoms with Gasteiger partial charge in [0.2, 0.25) is 6.79 Å². The number of para-hydroxylation sites is 1. The van der Waals surface area contributed by atoms with Gasteiger partial charge in [0.1, 0.15) is 5.69 Å². The maximum absolute atomic E-state index is 13.0. The maximum Gasteiger partial charge on any atom is 0.278 e. The first kappa shape index (κ1) is 16.1. The zero-order valence-electron chi connectivity index (χ0n) is 14.6. The standard InChI is InChI=1S/C20H17N3O3S/c1-12-8-13-4-2-3-5-16(13)23(12)19(24)15-10-27-20(22-15)21-14-6-7-17-18(9-14)26-11-25-17/h2-7,9-10,12H,8,11H2,1H3,(H,21,22). The van der Waals surface area contributed by atoms with Gasteiger partial charge in [-0.1, -0.05) is 18.2 Å². The quantitative estimate of drug-likeness (QED) is 0.739. The number of aromatic nitrogens is 1. The van der Waals surface area contributed by atoms with E-state index in [0.717, 1.165) is 23.5 Å². The number of fused-ring (bicyclic) bond motifs is 2. The first-order valence-electron chi connectivity index (χ1n) is 8.73. The molecule has 2 aliphatic heterocycles. The van der Waals surface area contributed by atoms with Crippen molar-refractivity contribution in [3.63, 3.8) is 0 Å². The van der Waals surface area contributed by atoms with Crippen LogP contribution in [0.1, 0.15) is 23.0 Å². The van der Waals surface area contributed by atoms with E-state index in [1.54, 1.807) is 5.38 Å². The van der Waals surface area contributed by atoms with E-state index in [0.29, 0.717) is 16.6 Å². The summed E-state index contributed by atoms with van der Waals surface area (Å²) in [6, 6.07) is 13.8. The number of benzene rings is 2. The van der Waals surface area contributed by atoms with Crippen molar-refractivity contribution in [2.75, 3.05) is 17.0 Å². The molecule has 6 nitrogen and oxygen atoms in total. The van der Waals surface area contributed by atoms with Crippen molar-refractivity contribution in [2.24, 2.45) is 0 Å². The number of ether oxygens (including phenoxy) is 2. The summed E-state index contributed by atoms with van der Waals surface area (Å²) in [4.78, 5) is 19.4. The molecule has 1 unspecified atom stereocenters. The van der Waals surface area contributed by atoms with Crippen molar-refractivity contribution in [2.45, 2.75) is 19.4 Å². The average Bonchev–Trinajstić information content (AvgIpc) is 3.38. The van der Waals surface area contributed by atoms with Crippen LogP contribution in [0.25, 0.3) is 0 Å². The monoisotopic (exact) mass is 379 g/mol. The Morgan fingerprint density at radius 2 is 2.07 bits per heavy atom. The van der Waals surface area contributed by atoms with Gasteiger partial charge in [0, 0.05) is 28.9 Å². The summed E-state index contributed by atoms with van der Waals surface area (Å²) in [5.74, 6) is 1.37. The fourth-order valence-corrected chi connectivity index (χ4v) is 4.23. The highest BCUT2D eigenvalue weighted by Gasteiger charge is 2.32. The minimum atomic E-state index is -0.0672. The molecule has 2 aliphatic rings. The van der Waals surface area contributed by atoms with Crippen LogP contribution < -0.4 is 19.7 Å². The summed E-state index contributed by atoms with van der Waals surface area (Å²) in [6.07, 6.45) is 0.869. The van der Waals surface area contributed by atoms with Crippen LogP contribution in [0.3, 0.4) is 0 Å². The Kier molecular flexibility index (Phi) is 3.75. The first-order valence-corrected chi connectivity index (χ1v) is 9.61. The zero-order valence-corrected chi connectivity index (χ0v) is 15.5. The highest BCUT2D eigenvalue weighted by atomic mass is 32.1. The molecule has 3 aromatic rings. The molecule has 0 fully saturated rings. The van der Waals surface area contributed by atoms with Crippen LogP contribution in [0.2, 0.25) is 0 Å². The van der Waals surface area contributed by atoms with Gasteiger partial charge in [-0.25, -0.2) is 4.98 Å². The van der Waals surface area contributed by atoms with Gasteiger partial charge in [-0.2, -0.15) is 0 Å². The van der Waals surface area contributed by atoms with Crippen molar-refractivity contribution in [1.29, 1.82) is 0 Å². The number of carbonyl (C=O) groups excluding carboxylic acids is 1. The SMILES string of the molecule is CC1Cc2ccccc2N1C(=O)c1csc(Nc2ccc3c(c2)OCO3)n1. The van der Waals surface area contributed by atoms with E-state index in [1.165, 1.54) is 16.9 Å². The topological polar surface area (TPSA) is 63.7 Å². The molecule has 136 valence electrons. The second-order valence-electron chi connectivity index (χ2n) is 6.59. The molecule has 27 heavy (non-hydrogen) atoms. The number of rotatable bonds is 3. The number of hydrogen-bond acceptors (Lipinski definition) is 6. The van der Waals surface area contributed by atoms with E-state index < -0.39 is 0 Å². The Balaban J connectivity index is 1.37. The van der Waals surface area contributed by atoms with Crippen LogP contribution in [-0.2, 0) is 6.42 Å². The molecule has 0 saturated heterocycles. The van der Waals surface area contributed by atoms with Crippen molar-refractivity contribution in [3.8, 4) is 11.5 Å². The van der Waals surface area contributed by atoms with Gasteiger partial charge >= 0.3 is 0 Å². The van der Waals surface area contributed by atoms with E-state index in [9.17, 15) is 4.79 Å². The Bertz CT molecular complexity index is 1030. The second-order valence-corrected chi connectivity index (χ2v) is 7.45. The molecule has 2 aromatic carbocycles. The summed E-state index contributed by atoms with van der Waals surface area (Å²) in [7, 11) is 0. The van der Waals surface area contributed by atoms with Crippen molar-refractivity contribution < 1.29 is 14.3 Å². The Morgan fingerprint density at radius 3 is 3.00 bits per heavy atom. The molecule has 0 saturated carbocycles. The number of nitrogens with zero attached hydrogens (tertiary/aromatic N) is 2. The van der Waals surface area contributed by atoms with Crippen LogP contribution in [-0.4, -0.2) is 23.7 Å². The molecule has 7 heteroatoms. The number of amides is 1. The van der Waals surface area contributed by atoms with Gasteiger partial charge < -0.3 is 19.7 Å². The predicted molar refractivity (Wildman–Crippen MR) is 104 cm³/mol. The summed E-state index contributed by atoms with van der Waals surface area (Å²) < 4.78 is 10.7. The van der Waals surface area contributed by atoms with Gasteiger partial charge in [0.05, 0.1) is 0 Å². The van der Waals surface area contributed by atoms with Crippen molar-refractivity contribution in [1.82, 2.24) is 4.98 Å². The van der Waals surface area contributed by atoms with E-state index >= 15 is 0 Å². The van der Waals surface area contributed by atoms with E-state index in [2.05, 4.69) is 23.3 Å². The van der Waals surface area contributed by atoms with Crippen LogP contribution in [0.15, 0.2) is 47.8 Å². The zero-order chi connectivity index (χ0) is 18.4. The highest BCUT2D eigenvalue weighted by molar-refractivity contribution is 7.14. The fourth-order valence-electron chi connectivity index (χ4n) is 3.53. The predicted octanol–water partition coefficient (Wildman–Crippen LogP) is 4.21. The number of nitrogens with one attached hydrogen (secondary N) is 1. The van der Waals surface area contributed by atoms with Gasteiger partial charge in [-0.05, 0) is 37.1 Å². The molecule has 0 spiro atoms. The lowest BCUT2D eigenvalue weighted by Crippen LogP contribution is -2.35. The third-order valence-electron chi connectivity index (χ3n) is 4.77. The average molecular weight is 379 g/mol. The Hall–Kier alpha value is -3.06. The summed E-state index contributed by atoms with van der Waals surface area (Å²) >= 11 is 1.41. The number of hydrogen-bond donors (Lipinski definition) is 1. The molecule has 1 amide bonds. The van der Waals surface area contributed by atoms with Gasteiger partial charge in [0.25, 0.3) is 5.91 Å². The van der Waals surface area contributed by atoms with Crippen molar-refractivity contribution in [3.05, 3.63) is 59.1 Å². The van der Waals surface area contributed by atoms with Crippen molar-refractivity contribution >= 4 is 33.8 Å². The van der Waals surface area contributed by atoms with Gasteiger partial charge in [-0.15, -0.1) is 11.3 Å². The highest BCUT2D eigenvalue weighted by Crippen LogP contribution is 2.36. The minimum absolute atomic E-state index is 0.0672. The third kappa shape index (κ3) is 2.80. The number of anilines is 3. The molecular weight excluding hydrogens is 362 g/mol. The summed E-state index contributed by atoms with van der Waals surface area (Å²) in [6.45, 7) is 2.31. The molecule has 0 bridgehead atoms. The maximum atomic E-state index is 13.0. The molecular formula is C20H17N3O3S. The third-order valence-corrected chi connectivity index (χ3v) is 5.53. The lowest BCUT2D eigenvalue weighted by molar-refractivity contribution is 0.0977.